The number of aromatic amines is 2. The third kappa shape index (κ3) is 0.499. The molecule has 1 aromatic heterocycles. The predicted molar refractivity (Wildman–Crippen MR) is 29.6 cm³/mol. The van der Waals surface area contributed by atoms with E-state index in [1.807, 2.05) is 0 Å². The third-order valence-corrected chi connectivity index (χ3v) is 0.886. The van der Waals surface area contributed by atoms with Gasteiger partial charge in [-0.15, -0.1) is 0 Å². The number of H-pyrrole nitrogens is 2. The van der Waals surface area contributed by atoms with Gasteiger partial charge >= 0.3 is 11.4 Å². The molecule has 1 rings (SSSR count). The summed E-state index contributed by atoms with van der Waals surface area (Å²) >= 11 is 0. The molecule has 0 saturated heterocycles. The zero-order valence-electron chi connectivity index (χ0n) is 4.26. The smallest absolute Gasteiger partial charge is 0.298 e. The first kappa shape index (κ1) is 4.95. The van der Waals surface area contributed by atoms with Crippen molar-refractivity contribution >= 4 is 7.98 Å². The lowest BCUT2D eigenvalue weighted by molar-refractivity contribution is 1.03. The molecule has 0 spiro atoms. The van der Waals surface area contributed by atoms with E-state index in [0.717, 1.165) is 4.48 Å². The minimum atomic E-state index is -0.421. The van der Waals surface area contributed by atoms with Gasteiger partial charge in [0.2, 0.25) is 7.98 Å². The zero-order chi connectivity index (χ0) is 6.15. The van der Waals surface area contributed by atoms with E-state index in [1.165, 1.54) is 7.98 Å². The van der Waals surface area contributed by atoms with Gasteiger partial charge < -0.3 is 0 Å². The SMILES string of the molecule is Bn1c(=O)[nH][nH]c1=O. The van der Waals surface area contributed by atoms with Crippen molar-refractivity contribution in [2.24, 2.45) is 0 Å². The van der Waals surface area contributed by atoms with Crippen molar-refractivity contribution < 1.29 is 0 Å². The molecule has 0 bridgehead atoms. The monoisotopic (exact) mass is 113 g/mol. The highest BCUT2D eigenvalue weighted by molar-refractivity contribution is 6.06. The molecule has 0 saturated carbocycles. The molecule has 1 heterocycles. The van der Waals surface area contributed by atoms with Crippen LogP contribution in [0.1, 0.15) is 0 Å². The first-order valence-electron chi connectivity index (χ1n) is 2.05. The number of nitrogens with one attached hydrogen (secondary N) is 2. The van der Waals surface area contributed by atoms with Crippen LogP contribution in [0.3, 0.4) is 0 Å². The van der Waals surface area contributed by atoms with Crippen LogP contribution in [0, 0.1) is 0 Å². The van der Waals surface area contributed by atoms with Gasteiger partial charge in [0, 0.05) is 0 Å². The summed E-state index contributed by atoms with van der Waals surface area (Å²) in [7, 11) is 1.39. The number of rotatable bonds is 0. The molecular weight excluding hydrogens is 109 g/mol. The summed E-state index contributed by atoms with van der Waals surface area (Å²) in [6, 6.07) is 0. The van der Waals surface area contributed by atoms with Crippen molar-refractivity contribution in [2.45, 2.75) is 0 Å². The fourth-order valence-corrected chi connectivity index (χ4v) is 0.367. The molecule has 0 amide bonds. The average molecular weight is 113 g/mol. The van der Waals surface area contributed by atoms with E-state index < -0.39 is 11.4 Å². The molecule has 0 aliphatic heterocycles. The lowest BCUT2D eigenvalue weighted by Gasteiger charge is -1.73. The van der Waals surface area contributed by atoms with E-state index in [4.69, 9.17) is 0 Å². The Morgan fingerprint density at radius 2 is 1.62 bits per heavy atom. The highest BCUT2D eigenvalue weighted by Crippen LogP contribution is 1.43. The molecule has 5 nitrogen and oxygen atoms in total. The highest BCUT2D eigenvalue weighted by atomic mass is 16.2. The average Bonchev–Trinajstić information content (AvgIpc) is 1.98. The number of hydrogen-bond acceptors (Lipinski definition) is 2. The van der Waals surface area contributed by atoms with Crippen molar-refractivity contribution in [2.75, 3.05) is 0 Å². The fourth-order valence-electron chi connectivity index (χ4n) is 0.367. The van der Waals surface area contributed by atoms with Gasteiger partial charge in [-0.25, -0.2) is 19.8 Å². The molecule has 6 heteroatoms. The van der Waals surface area contributed by atoms with Crippen LogP contribution in [0.25, 0.3) is 0 Å². The first-order valence-corrected chi connectivity index (χ1v) is 2.05. The van der Waals surface area contributed by atoms with Gasteiger partial charge in [-0.1, -0.05) is 0 Å². The van der Waals surface area contributed by atoms with Gasteiger partial charge in [0.25, 0.3) is 0 Å². The quantitative estimate of drug-likeness (QED) is 0.358. The number of hydrogen-bond donors (Lipinski definition) is 2. The summed E-state index contributed by atoms with van der Waals surface area (Å²) in [6.45, 7) is 0. The molecule has 0 aliphatic carbocycles. The molecule has 0 aromatic carbocycles. The van der Waals surface area contributed by atoms with Crippen molar-refractivity contribution in [3.63, 3.8) is 0 Å². The molecule has 0 unspecified atom stereocenters. The molecule has 0 atom stereocenters. The highest BCUT2D eigenvalue weighted by Gasteiger charge is 1.90. The van der Waals surface area contributed by atoms with Crippen LogP contribution in [0.2, 0.25) is 0 Å². The van der Waals surface area contributed by atoms with Gasteiger partial charge in [-0.3, -0.25) is 4.48 Å². The maximum Gasteiger partial charge on any atom is 0.331 e. The summed E-state index contributed by atoms with van der Waals surface area (Å²) in [5, 5.41) is 4.21. The molecule has 8 heavy (non-hydrogen) atoms. The van der Waals surface area contributed by atoms with E-state index in [2.05, 4.69) is 10.2 Å². The zero-order valence-corrected chi connectivity index (χ0v) is 4.26. The summed E-state index contributed by atoms with van der Waals surface area (Å²) in [4.78, 5) is 20.6. The minimum absolute atomic E-state index is 0.421. The molecule has 1 aromatic rings. The van der Waals surface area contributed by atoms with E-state index in [1.54, 1.807) is 0 Å². The third-order valence-electron chi connectivity index (χ3n) is 0.886. The van der Waals surface area contributed by atoms with Gasteiger partial charge in [0.05, 0.1) is 0 Å². The van der Waals surface area contributed by atoms with Gasteiger partial charge in [-0.2, -0.15) is 0 Å². The van der Waals surface area contributed by atoms with E-state index in [-0.39, 0.29) is 0 Å². The number of aromatic nitrogens is 3. The van der Waals surface area contributed by atoms with Crippen LogP contribution in [0.5, 0.6) is 0 Å². The van der Waals surface area contributed by atoms with Crippen molar-refractivity contribution in [1.82, 2.24) is 14.7 Å². The van der Waals surface area contributed by atoms with Crippen LogP contribution in [-0.4, -0.2) is 22.7 Å². The van der Waals surface area contributed by atoms with Gasteiger partial charge in [0.15, 0.2) is 0 Å². The second-order valence-corrected chi connectivity index (χ2v) is 1.42. The Morgan fingerprint density at radius 1 is 1.25 bits per heavy atom. The summed E-state index contributed by atoms with van der Waals surface area (Å²) in [5.74, 6) is 0. The molecule has 0 radical (unpaired) electrons. The normalized spacial score (nSPS) is 9.50. The molecule has 2 N–H and O–H groups in total. The predicted octanol–water partition coefficient (Wildman–Crippen LogP) is -2.74. The van der Waals surface area contributed by atoms with E-state index >= 15 is 0 Å². The fraction of sp³-hybridized carbons (Fsp3) is 0. The Labute approximate surface area is 44.8 Å². The summed E-state index contributed by atoms with van der Waals surface area (Å²) < 4.78 is 0.944. The topological polar surface area (TPSA) is 70.7 Å². The lowest BCUT2D eigenvalue weighted by Crippen LogP contribution is -2.24. The lowest BCUT2D eigenvalue weighted by atomic mass is 10.4. The molecular formula is C2H4BN3O2. The molecule has 42 valence electrons. The second-order valence-electron chi connectivity index (χ2n) is 1.42. The van der Waals surface area contributed by atoms with E-state index in [9.17, 15) is 9.59 Å². The second kappa shape index (κ2) is 1.39. The molecule has 0 fully saturated rings. The van der Waals surface area contributed by atoms with Crippen molar-refractivity contribution in [3.8, 4) is 0 Å². The van der Waals surface area contributed by atoms with Crippen LogP contribution in [-0.2, 0) is 0 Å². The summed E-state index contributed by atoms with van der Waals surface area (Å²) in [6.07, 6.45) is 0. The van der Waals surface area contributed by atoms with Crippen LogP contribution in [0.15, 0.2) is 9.59 Å². The Morgan fingerprint density at radius 3 is 1.75 bits per heavy atom. The Balaban J connectivity index is 3.66. The van der Waals surface area contributed by atoms with Gasteiger partial charge in [-0.05, 0) is 0 Å². The minimum Gasteiger partial charge on any atom is -0.298 e. The maximum atomic E-state index is 10.3. The van der Waals surface area contributed by atoms with Crippen LogP contribution >= 0.6 is 0 Å². The van der Waals surface area contributed by atoms with Crippen molar-refractivity contribution in [3.05, 3.63) is 21.0 Å². The Hall–Kier alpha value is -1.20. The van der Waals surface area contributed by atoms with E-state index in [0.29, 0.717) is 0 Å². The number of nitrogens with zero attached hydrogens (tertiary/aromatic N) is 1. The Kier molecular flexibility index (Phi) is 0.863. The van der Waals surface area contributed by atoms with Crippen molar-refractivity contribution in [1.29, 1.82) is 0 Å². The summed E-state index contributed by atoms with van der Waals surface area (Å²) in [5.41, 5.74) is -0.843. The maximum absolute atomic E-state index is 10.3. The first-order chi connectivity index (χ1) is 3.72. The van der Waals surface area contributed by atoms with Crippen LogP contribution < -0.4 is 11.4 Å². The standard InChI is InChI=1S/C2H4BN3O2/c3-6-1(7)4-5-2(6)8/h3H2,(H,4,7)(H,5,8). The molecule has 0 aliphatic rings. The van der Waals surface area contributed by atoms with Crippen LogP contribution in [0.4, 0.5) is 0 Å². The largest absolute Gasteiger partial charge is 0.331 e. The van der Waals surface area contributed by atoms with Gasteiger partial charge in [0.1, 0.15) is 0 Å². The Bertz CT molecular complexity index is 252.